The van der Waals surface area contributed by atoms with Crippen molar-refractivity contribution in [3.63, 3.8) is 0 Å². The highest BCUT2D eigenvalue weighted by molar-refractivity contribution is 7.98. The number of carbonyl (C=O) groups is 3. The van der Waals surface area contributed by atoms with Crippen LogP contribution in [0.5, 0.6) is 0 Å². The van der Waals surface area contributed by atoms with Crippen LogP contribution in [0.3, 0.4) is 0 Å². The number of unbranched alkanes of at least 4 members (excludes halogenated alkanes) is 4. The second kappa shape index (κ2) is 17.8. The van der Waals surface area contributed by atoms with E-state index in [1.54, 1.807) is 37.4 Å². The van der Waals surface area contributed by atoms with Gasteiger partial charge in [-0.2, -0.15) is 11.8 Å². The molecule has 2 atom stereocenters. The van der Waals surface area contributed by atoms with Gasteiger partial charge in [0.1, 0.15) is 17.7 Å². The lowest BCUT2D eigenvalue weighted by molar-refractivity contribution is -0.142. The molecular weight excluding hydrogens is 546 g/mol. The first-order chi connectivity index (χ1) is 19.9. The summed E-state index contributed by atoms with van der Waals surface area (Å²) in [7, 11) is 0. The number of benzene rings is 2. The molecule has 0 fully saturated rings. The van der Waals surface area contributed by atoms with Crippen molar-refractivity contribution >= 4 is 29.7 Å². The average Bonchev–Trinajstić information content (AvgIpc) is 2.92. The highest BCUT2D eigenvalue weighted by Gasteiger charge is 2.36. The Bertz CT molecular complexity index is 1110. The van der Waals surface area contributed by atoms with Gasteiger partial charge in [0.05, 0.1) is 0 Å². The Labute approximate surface area is 257 Å². The predicted octanol–water partition coefficient (Wildman–Crippen LogP) is 7.11. The zero-order valence-electron chi connectivity index (χ0n) is 26.6. The second-order valence-corrected chi connectivity index (χ2v) is 12.9. The molecule has 2 N–H and O–H groups in total. The molecule has 0 aliphatic heterocycles. The summed E-state index contributed by atoms with van der Waals surface area (Å²) in [6.07, 6.45) is 6.79. The van der Waals surface area contributed by atoms with Crippen molar-refractivity contribution in [2.45, 2.75) is 104 Å². The van der Waals surface area contributed by atoms with Crippen LogP contribution >= 0.6 is 11.8 Å². The molecule has 0 spiro atoms. The molecule has 42 heavy (non-hydrogen) atoms. The Morgan fingerprint density at radius 3 is 2.19 bits per heavy atom. The third-order valence-corrected chi connectivity index (χ3v) is 7.46. The summed E-state index contributed by atoms with van der Waals surface area (Å²) in [5.74, 6) is 0.154. The zero-order valence-corrected chi connectivity index (χ0v) is 27.4. The molecule has 8 heteroatoms. The van der Waals surface area contributed by atoms with E-state index < -0.39 is 23.8 Å². The SMILES string of the molecule is CCCCCCCN(C(=O)C(CCSC)NC(=O)OC(C)(C)C)C(C(=O)NCc1ccccc1)c1cc(C)cc(C)c1. The minimum Gasteiger partial charge on any atom is -0.444 e. The van der Waals surface area contributed by atoms with E-state index in [-0.39, 0.29) is 11.8 Å². The van der Waals surface area contributed by atoms with Gasteiger partial charge in [-0.1, -0.05) is 92.3 Å². The standard InChI is InChI=1S/C34H51N3O4S/c1-8-9-10-11-15-19-37(32(39)29(18-20-42-7)36-33(40)41-34(4,5)6)30(28-22-25(2)21-26(3)23-28)31(38)35-24-27-16-13-12-14-17-27/h12-14,16-17,21-23,29-30H,8-11,15,18-20,24H2,1-7H3,(H,35,38)(H,36,40). The molecule has 0 aliphatic rings. The summed E-state index contributed by atoms with van der Waals surface area (Å²) in [6.45, 7) is 12.3. The Morgan fingerprint density at radius 1 is 0.952 bits per heavy atom. The first-order valence-electron chi connectivity index (χ1n) is 15.1. The number of amides is 3. The normalized spacial score (nSPS) is 12.7. The lowest BCUT2D eigenvalue weighted by atomic mass is 9.97. The summed E-state index contributed by atoms with van der Waals surface area (Å²) in [6, 6.07) is 14.1. The summed E-state index contributed by atoms with van der Waals surface area (Å²) in [5.41, 5.74) is 3.08. The van der Waals surface area contributed by atoms with Gasteiger partial charge in [0, 0.05) is 13.1 Å². The van der Waals surface area contributed by atoms with Crippen molar-refractivity contribution < 1.29 is 19.1 Å². The van der Waals surface area contributed by atoms with Crippen molar-refractivity contribution in [3.05, 3.63) is 70.8 Å². The predicted molar refractivity (Wildman–Crippen MR) is 174 cm³/mol. The summed E-state index contributed by atoms with van der Waals surface area (Å²) in [5, 5.41) is 5.92. The van der Waals surface area contributed by atoms with Crippen molar-refractivity contribution in [1.82, 2.24) is 15.5 Å². The van der Waals surface area contributed by atoms with Gasteiger partial charge in [-0.15, -0.1) is 0 Å². The van der Waals surface area contributed by atoms with Crippen molar-refractivity contribution in [2.75, 3.05) is 18.6 Å². The van der Waals surface area contributed by atoms with Crippen LogP contribution in [-0.4, -0.2) is 53.0 Å². The Morgan fingerprint density at radius 2 is 1.60 bits per heavy atom. The van der Waals surface area contributed by atoms with E-state index in [9.17, 15) is 14.4 Å². The Kier molecular flexibility index (Phi) is 15.0. The van der Waals surface area contributed by atoms with Crippen LogP contribution in [0.4, 0.5) is 4.79 Å². The van der Waals surface area contributed by atoms with E-state index in [0.717, 1.165) is 54.4 Å². The molecule has 0 aromatic heterocycles. The lowest BCUT2D eigenvalue weighted by Crippen LogP contribution is -2.53. The number of aryl methyl sites for hydroxylation is 2. The molecule has 0 heterocycles. The molecule has 0 saturated carbocycles. The van der Waals surface area contributed by atoms with E-state index in [2.05, 4.69) is 23.6 Å². The third-order valence-electron chi connectivity index (χ3n) is 6.81. The fraction of sp³-hybridized carbons (Fsp3) is 0.559. The van der Waals surface area contributed by atoms with Crippen molar-refractivity contribution in [3.8, 4) is 0 Å². The zero-order chi connectivity index (χ0) is 31.1. The molecule has 0 aliphatic carbocycles. The molecule has 2 aromatic rings. The maximum atomic E-state index is 14.4. The molecule has 232 valence electrons. The molecule has 0 saturated heterocycles. The average molecular weight is 598 g/mol. The molecule has 0 bridgehead atoms. The van der Waals surface area contributed by atoms with E-state index in [0.29, 0.717) is 25.3 Å². The topological polar surface area (TPSA) is 87.7 Å². The quantitative estimate of drug-likeness (QED) is 0.202. The largest absolute Gasteiger partial charge is 0.444 e. The molecular formula is C34H51N3O4S. The molecule has 7 nitrogen and oxygen atoms in total. The minimum atomic E-state index is -0.844. The van der Waals surface area contributed by atoms with Gasteiger partial charge in [-0.05, 0) is 70.6 Å². The van der Waals surface area contributed by atoms with Crippen LogP contribution in [0.1, 0.15) is 94.5 Å². The number of nitrogens with zero attached hydrogens (tertiary/aromatic N) is 1. The van der Waals surface area contributed by atoms with Crippen molar-refractivity contribution in [1.29, 1.82) is 0 Å². The molecule has 0 radical (unpaired) electrons. The number of carbonyl (C=O) groups excluding carboxylic acids is 3. The minimum absolute atomic E-state index is 0.244. The van der Waals surface area contributed by atoms with E-state index in [1.165, 1.54) is 0 Å². The molecule has 2 rings (SSSR count). The fourth-order valence-electron chi connectivity index (χ4n) is 4.92. The van der Waals surface area contributed by atoms with E-state index in [4.69, 9.17) is 4.74 Å². The van der Waals surface area contributed by atoms with Crippen LogP contribution in [0.2, 0.25) is 0 Å². The summed E-state index contributed by atoms with van der Waals surface area (Å²) in [4.78, 5) is 43.0. The number of ether oxygens (including phenoxy) is 1. The van der Waals surface area contributed by atoms with E-state index in [1.807, 2.05) is 62.6 Å². The van der Waals surface area contributed by atoms with Crippen LogP contribution < -0.4 is 10.6 Å². The van der Waals surface area contributed by atoms with Crippen LogP contribution in [0.15, 0.2) is 48.5 Å². The number of hydrogen-bond acceptors (Lipinski definition) is 5. The Hall–Kier alpha value is -3.00. The smallest absolute Gasteiger partial charge is 0.408 e. The van der Waals surface area contributed by atoms with Gasteiger partial charge in [0.2, 0.25) is 11.8 Å². The molecule has 3 amide bonds. The summed E-state index contributed by atoms with van der Waals surface area (Å²) >= 11 is 1.60. The fourth-order valence-corrected chi connectivity index (χ4v) is 5.39. The highest BCUT2D eigenvalue weighted by Crippen LogP contribution is 2.26. The van der Waals surface area contributed by atoms with E-state index >= 15 is 0 Å². The number of rotatable bonds is 16. The van der Waals surface area contributed by atoms with Crippen molar-refractivity contribution in [2.24, 2.45) is 0 Å². The van der Waals surface area contributed by atoms with Gasteiger partial charge in [0.15, 0.2) is 0 Å². The number of nitrogens with one attached hydrogen (secondary N) is 2. The van der Waals surface area contributed by atoms with Crippen LogP contribution in [-0.2, 0) is 20.9 Å². The second-order valence-electron chi connectivity index (χ2n) is 12.0. The lowest BCUT2D eigenvalue weighted by Gasteiger charge is -2.35. The third kappa shape index (κ3) is 12.5. The van der Waals surface area contributed by atoms with Gasteiger partial charge in [-0.25, -0.2) is 4.79 Å². The molecule has 2 unspecified atom stereocenters. The van der Waals surface area contributed by atoms with Gasteiger partial charge in [-0.3, -0.25) is 9.59 Å². The maximum absolute atomic E-state index is 14.4. The monoisotopic (exact) mass is 597 g/mol. The first kappa shape index (κ1) is 35.2. The Balaban J connectivity index is 2.50. The van der Waals surface area contributed by atoms with Crippen LogP contribution in [0, 0.1) is 13.8 Å². The van der Waals surface area contributed by atoms with Gasteiger partial charge in [0.25, 0.3) is 0 Å². The highest BCUT2D eigenvalue weighted by atomic mass is 32.2. The number of alkyl carbamates (subject to hydrolysis) is 1. The maximum Gasteiger partial charge on any atom is 0.408 e. The van der Waals surface area contributed by atoms with Gasteiger partial charge >= 0.3 is 6.09 Å². The summed E-state index contributed by atoms with van der Waals surface area (Å²) < 4.78 is 5.51. The number of thioether (sulfide) groups is 1. The van der Waals surface area contributed by atoms with Crippen LogP contribution in [0.25, 0.3) is 0 Å². The first-order valence-corrected chi connectivity index (χ1v) is 16.5. The number of hydrogen-bond donors (Lipinski definition) is 2. The van der Waals surface area contributed by atoms with Gasteiger partial charge < -0.3 is 20.3 Å². The molecule has 2 aromatic carbocycles.